The van der Waals surface area contributed by atoms with Gasteiger partial charge in [0.2, 0.25) is 5.91 Å². The molecule has 1 N–H and O–H groups in total. The van der Waals surface area contributed by atoms with Gasteiger partial charge in [0.05, 0.1) is 5.75 Å². The number of thioether (sulfide) groups is 1. The van der Waals surface area contributed by atoms with Crippen LogP contribution >= 0.6 is 11.8 Å². The van der Waals surface area contributed by atoms with Crippen LogP contribution in [0.3, 0.4) is 0 Å². The lowest BCUT2D eigenvalue weighted by Gasteiger charge is -2.26. The summed E-state index contributed by atoms with van der Waals surface area (Å²) in [4.78, 5) is 14.1. The smallest absolute Gasteiger partial charge is 0.232 e. The molecule has 2 rings (SSSR count). The molecule has 0 radical (unpaired) electrons. The van der Waals surface area contributed by atoms with Crippen molar-refractivity contribution in [1.82, 2.24) is 10.2 Å². The molecule has 3 unspecified atom stereocenters. The third-order valence-electron chi connectivity index (χ3n) is 3.72. The number of nitrogens with one attached hydrogen (secondary N) is 1. The zero-order valence-electron chi connectivity index (χ0n) is 9.53. The molecule has 0 spiro atoms. The van der Waals surface area contributed by atoms with Crippen LogP contribution in [0, 0.1) is 11.8 Å². The van der Waals surface area contributed by atoms with Gasteiger partial charge >= 0.3 is 0 Å². The molecular formula is C11H20N2OS. The minimum atomic E-state index is 0.337. The summed E-state index contributed by atoms with van der Waals surface area (Å²) >= 11 is 1.63. The molecule has 2 aliphatic heterocycles. The maximum absolute atomic E-state index is 11.9. The van der Waals surface area contributed by atoms with Gasteiger partial charge in [-0.25, -0.2) is 0 Å². The van der Waals surface area contributed by atoms with Crippen molar-refractivity contribution < 1.29 is 4.79 Å². The number of carbonyl (C=O) groups is 1. The summed E-state index contributed by atoms with van der Waals surface area (Å²) in [5.74, 6) is 2.40. The van der Waals surface area contributed by atoms with Crippen LogP contribution in [0.2, 0.25) is 0 Å². The van der Waals surface area contributed by atoms with Crippen molar-refractivity contribution >= 4 is 17.7 Å². The molecule has 0 aromatic rings. The number of carbonyl (C=O) groups excluding carboxylic acids is 1. The Morgan fingerprint density at radius 2 is 2.33 bits per heavy atom. The highest BCUT2D eigenvalue weighted by Gasteiger charge is 2.44. The molecular weight excluding hydrogens is 208 g/mol. The number of nitrogens with zero attached hydrogens (tertiary/aromatic N) is 1. The Morgan fingerprint density at radius 3 is 3.00 bits per heavy atom. The molecule has 2 heterocycles. The average molecular weight is 228 g/mol. The fourth-order valence-electron chi connectivity index (χ4n) is 3.04. The number of fused-ring (bicyclic) bond motifs is 1. The van der Waals surface area contributed by atoms with Gasteiger partial charge < -0.3 is 10.2 Å². The van der Waals surface area contributed by atoms with E-state index in [1.165, 1.54) is 0 Å². The van der Waals surface area contributed by atoms with Gasteiger partial charge in [-0.15, -0.1) is 0 Å². The quantitative estimate of drug-likeness (QED) is 0.776. The van der Waals surface area contributed by atoms with E-state index in [1.54, 1.807) is 11.8 Å². The summed E-state index contributed by atoms with van der Waals surface area (Å²) in [6.07, 6.45) is 3.10. The summed E-state index contributed by atoms with van der Waals surface area (Å²) in [6, 6.07) is 0.490. The van der Waals surface area contributed by atoms with E-state index in [2.05, 4.69) is 17.1 Å². The van der Waals surface area contributed by atoms with Crippen LogP contribution in [0.4, 0.5) is 0 Å². The summed E-state index contributed by atoms with van der Waals surface area (Å²) in [7, 11) is 0. The van der Waals surface area contributed by atoms with Crippen molar-refractivity contribution in [2.75, 3.05) is 31.6 Å². The second kappa shape index (κ2) is 4.74. The van der Waals surface area contributed by atoms with Crippen molar-refractivity contribution in [2.45, 2.75) is 19.4 Å². The first-order chi connectivity index (χ1) is 7.27. The molecule has 3 atom stereocenters. The first-order valence-electron chi connectivity index (χ1n) is 5.77. The van der Waals surface area contributed by atoms with E-state index >= 15 is 0 Å². The third kappa shape index (κ3) is 2.02. The van der Waals surface area contributed by atoms with Crippen LogP contribution < -0.4 is 5.32 Å². The van der Waals surface area contributed by atoms with Gasteiger partial charge in [-0.2, -0.15) is 11.8 Å². The largest absolute Gasteiger partial charge is 0.338 e. The van der Waals surface area contributed by atoms with Gasteiger partial charge in [0.15, 0.2) is 0 Å². The van der Waals surface area contributed by atoms with Gasteiger partial charge in [-0.3, -0.25) is 4.79 Å². The molecule has 1 amide bonds. The Morgan fingerprint density at radius 1 is 1.53 bits per heavy atom. The van der Waals surface area contributed by atoms with Gasteiger partial charge in [0, 0.05) is 25.7 Å². The monoisotopic (exact) mass is 228 g/mol. The Kier molecular flexibility index (Phi) is 3.57. The topological polar surface area (TPSA) is 32.3 Å². The highest BCUT2D eigenvalue weighted by atomic mass is 32.2. The standard InChI is InChI=1S/C11H20N2OS/c1-3-10-9-5-12-4-8(9)6-13(10)11(14)7-15-2/h8-10,12H,3-7H2,1-2H3. The van der Waals surface area contributed by atoms with E-state index in [4.69, 9.17) is 0 Å². The van der Waals surface area contributed by atoms with Crippen molar-refractivity contribution in [3.8, 4) is 0 Å². The lowest BCUT2D eigenvalue weighted by Crippen LogP contribution is -2.40. The van der Waals surface area contributed by atoms with Crippen molar-refractivity contribution in [3.05, 3.63) is 0 Å². The zero-order chi connectivity index (χ0) is 10.8. The van der Waals surface area contributed by atoms with Crippen molar-refractivity contribution in [1.29, 1.82) is 0 Å². The molecule has 4 heteroatoms. The van der Waals surface area contributed by atoms with Crippen molar-refractivity contribution in [3.63, 3.8) is 0 Å². The SMILES string of the molecule is CCC1C2CNCC2CN1C(=O)CSC. The summed E-state index contributed by atoms with van der Waals surface area (Å²) in [6.45, 7) is 5.39. The van der Waals surface area contributed by atoms with Gasteiger partial charge in [0.25, 0.3) is 0 Å². The van der Waals surface area contributed by atoms with Crippen LogP contribution in [0.25, 0.3) is 0 Å². The maximum atomic E-state index is 11.9. The minimum Gasteiger partial charge on any atom is -0.338 e. The van der Waals surface area contributed by atoms with E-state index in [0.717, 1.165) is 26.1 Å². The van der Waals surface area contributed by atoms with Crippen LogP contribution in [0.5, 0.6) is 0 Å². The lowest BCUT2D eigenvalue weighted by molar-refractivity contribution is -0.129. The molecule has 3 nitrogen and oxygen atoms in total. The predicted octanol–water partition coefficient (Wildman–Crippen LogP) is 0.806. The van der Waals surface area contributed by atoms with Gasteiger partial charge in [-0.05, 0) is 24.5 Å². The molecule has 2 fully saturated rings. The highest BCUT2D eigenvalue weighted by molar-refractivity contribution is 7.99. The van der Waals surface area contributed by atoms with Gasteiger partial charge in [-0.1, -0.05) is 6.92 Å². The summed E-state index contributed by atoms with van der Waals surface area (Å²) in [5, 5.41) is 3.44. The molecule has 0 bridgehead atoms. The Hall–Kier alpha value is -0.220. The number of hydrogen-bond acceptors (Lipinski definition) is 3. The summed E-state index contributed by atoms with van der Waals surface area (Å²) < 4.78 is 0. The van der Waals surface area contributed by atoms with E-state index in [9.17, 15) is 4.79 Å². The van der Waals surface area contributed by atoms with Gasteiger partial charge in [0.1, 0.15) is 0 Å². The molecule has 0 aromatic carbocycles. The zero-order valence-corrected chi connectivity index (χ0v) is 10.3. The van der Waals surface area contributed by atoms with Crippen molar-refractivity contribution in [2.24, 2.45) is 11.8 Å². The van der Waals surface area contributed by atoms with E-state index < -0.39 is 0 Å². The normalized spacial score (nSPS) is 34.5. The average Bonchev–Trinajstić information content (AvgIpc) is 2.76. The van der Waals surface area contributed by atoms with Crippen LogP contribution in [0.1, 0.15) is 13.3 Å². The van der Waals surface area contributed by atoms with E-state index in [1.807, 2.05) is 6.26 Å². The number of hydrogen-bond donors (Lipinski definition) is 1. The maximum Gasteiger partial charge on any atom is 0.232 e. The molecule has 0 aliphatic carbocycles. The molecule has 0 aromatic heterocycles. The lowest BCUT2D eigenvalue weighted by atomic mass is 9.93. The molecule has 2 saturated heterocycles. The van der Waals surface area contributed by atoms with Crippen LogP contribution in [-0.4, -0.2) is 48.5 Å². The second-order valence-electron chi connectivity index (χ2n) is 4.54. The molecule has 15 heavy (non-hydrogen) atoms. The first-order valence-corrected chi connectivity index (χ1v) is 7.16. The molecule has 2 aliphatic rings. The second-order valence-corrected chi connectivity index (χ2v) is 5.40. The van der Waals surface area contributed by atoms with Crippen LogP contribution in [-0.2, 0) is 4.79 Å². The minimum absolute atomic E-state index is 0.337. The number of rotatable bonds is 3. The third-order valence-corrected chi connectivity index (χ3v) is 4.26. The number of likely N-dealkylation sites (tertiary alicyclic amines) is 1. The number of amides is 1. The van der Waals surface area contributed by atoms with E-state index in [-0.39, 0.29) is 0 Å². The molecule has 0 saturated carbocycles. The predicted molar refractivity (Wildman–Crippen MR) is 64.0 cm³/mol. The Bertz CT molecular complexity index is 247. The first kappa shape index (κ1) is 11.3. The fourth-order valence-corrected chi connectivity index (χ4v) is 3.45. The Labute approximate surface area is 96.0 Å². The summed E-state index contributed by atoms with van der Waals surface area (Å²) in [5.41, 5.74) is 0. The highest BCUT2D eigenvalue weighted by Crippen LogP contribution is 2.34. The van der Waals surface area contributed by atoms with Crippen LogP contribution in [0.15, 0.2) is 0 Å². The van der Waals surface area contributed by atoms with E-state index in [0.29, 0.717) is 29.5 Å². The fraction of sp³-hybridized carbons (Fsp3) is 0.909. The Balaban J connectivity index is 2.04. The molecule has 86 valence electrons.